The Morgan fingerprint density at radius 2 is 2.04 bits per heavy atom. The molecule has 0 aliphatic carbocycles. The Morgan fingerprint density at radius 1 is 1.30 bits per heavy atom. The molecular weight excluding hydrogens is 288 g/mol. The Kier molecular flexibility index (Phi) is 6.49. The van der Waals surface area contributed by atoms with E-state index >= 15 is 0 Å². The number of carbonyl (C=O) groups is 1. The summed E-state index contributed by atoms with van der Waals surface area (Å²) in [4.78, 5) is 14.6. The third-order valence-electron chi connectivity index (χ3n) is 5.29. The minimum atomic E-state index is 0.167. The van der Waals surface area contributed by atoms with E-state index in [4.69, 9.17) is 4.74 Å². The summed E-state index contributed by atoms with van der Waals surface area (Å²) in [5.41, 5.74) is 0.262. The molecule has 2 fully saturated rings. The lowest BCUT2D eigenvalue weighted by Gasteiger charge is -2.56. The zero-order valence-corrected chi connectivity index (χ0v) is 15.7. The Bertz CT molecular complexity index is 389. The van der Waals surface area contributed by atoms with Crippen LogP contribution in [0, 0.1) is 11.3 Å². The molecule has 0 aromatic heterocycles. The monoisotopic (exact) mass is 324 g/mol. The van der Waals surface area contributed by atoms with E-state index in [1.54, 1.807) is 0 Å². The summed E-state index contributed by atoms with van der Waals surface area (Å²) in [7, 11) is 0. The summed E-state index contributed by atoms with van der Waals surface area (Å²) < 4.78 is 5.89. The molecular formula is C19H36N2O2. The second kappa shape index (κ2) is 7.98. The second-order valence-electron chi connectivity index (χ2n) is 8.68. The summed E-state index contributed by atoms with van der Waals surface area (Å²) in [5, 5.41) is 3.17. The molecule has 0 saturated carbocycles. The van der Waals surface area contributed by atoms with Crippen LogP contribution in [0.15, 0.2) is 0 Å². The van der Waals surface area contributed by atoms with E-state index in [1.165, 1.54) is 12.8 Å². The summed E-state index contributed by atoms with van der Waals surface area (Å²) in [6.45, 7) is 13.6. The van der Waals surface area contributed by atoms with E-state index in [0.717, 1.165) is 38.3 Å². The Balaban J connectivity index is 1.74. The molecule has 0 aromatic carbocycles. The van der Waals surface area contributed by atoms with Crippen LogP contribution in [0.3, 0.4) is 0 Å². The van der Waals surface area contributed by atoms with E-state index in [9.17, 15) is 4.79 Å². The number of nitrogens with zero attached hydrogens (tertiary/aromatic N) is 1. The molecule has 3 unspecified atom stereocenters. The fraction of sp³-hybridized carbons (Fsp3) is 0.947. The molecule has 1 N–H and O–H groups in total. The molecule has 134 valence electrons. The maximum absolute atomic E-state index is 12.3. The number of carbonyl (C=O) groups excluding carboxylic acids is 1. The van der Waals surface area contributed by atoms with Gasteiger partial charge in [0.15, 0.2) is 0 Å². The lowest BCUT2D eigenvalue weighted by molar-refractivity contribution is -0.141. The molecule has 2 saturated heterocycles. The van der Waals surface area contributed by atoms with Crippen LogP contribution in [0.2, 0.25) is 0 Å². The average molecular weight is 325 g/mol. The molecule has 23 heavy (non-hydrogen) atoms. The first-order chi connectivity index (χ1) is 10.8. The number of rotatable bonds is 8. The van der Waals surface area contributed by atoms with Crippen molar-refractivity contribution in [1.29, 1.82) is 0 Å². The zero-order chi connectivity index (χ0) is 17.0. The number of likely N-dealkylation sites (tertiary alicyclic amines) is 1. The third-order valence-corrected chi connectivity index (χ3v) is 5.29. The molecule has 2 heterocycles. The van der Waals surface area contributed by atoms with Gasteiger partial charge in [-0.3, -0.25) is 9.69 Å². The van der Waals surface area contributed by atoms with Gasteiger partial charge in [-0.25, -0.2) is 0 Å². The van der Waals surface area contributed by atoms with Crippen LogP contribution >= 0.6 is 0 Å². The van der Waals surface area contributed by atoms with Crippen molar-refractivity contribution in [3.05, 3.63) is 0 Å². The normalized spacial score (nSPS) is 28.6. The predicted molar refractivity (Wildman–Crippen MR) is 94.4 cm³/mol. The molecule has 0 spiro atoms. The van der Waals surface area contributed by atoms with Gasteiger partial charge in [0, 0.05) is 25.2 Å². The van der Waals surface area contributed by atoms with E-state index in [1.807, 2.05) is 0 Å². The first-order valence-corrected chi connectivity index (χ1v) is 9.44. The van der Waals surface area contributed by atoms with Gasteiger partial charge in [-0.15, -0.1) is 0 Å². The molecule has 0 aromatic rings. The van der Waals surface area contributed by atoms with Crippen LogP contribution < -0.4 is 5.32 Å². The molecule has 2 rings (SSSR count). The van der Waals surface area contributed by atoms with Gasteiger partial charge in [0.05, 0.1) is 12.6 Å². The molecule has 0 bridgehead atoms. The van der Waals surface area contributed by atoms with Crippen molar-refractivity contribution >= 4 is 5.91 Å². The fourth-order valence-corrected chi connectivity index (χ4v) is 4.25. The third kappa shape index (κ3) is 5.18. The molecule has 3 atom stereocenters. The zero-order valence-electron chi connectivity index (χ0n) is 15.7. The Morgan fingerprint density at radius 3 is 2.61 bits per heavy atom. The molecule has 4 nitrogen and oxygen atoms in total. The minimum Gasteiger partial charge on any atom is -0.377 e. The summed E-state index contributed by atoms with van der Waals surface area (Å²) >= 11 is 0. The topological polar surface area (TPSA) is 41.6 Å². The smallest absolute Gasteiger partial charge is 0.234 e. The van der Waals surface area contributed by atoms with E-state index in [0.29, 0.717) is 18.7 Å². The fourth-order valence-electron chi connectivity index (χ4n) is 4.25. The van der Waals surface area contributed by atoms with Crippen LogP contribution in [-0.4, -0.2) is 48.7 Å². The van der Waals surface area contributed by atoms with Crippen molar-refractivity contribution in [2.75, 3.05) is 19.7 Å². The standard InChI is InChI=1S/C19H36N2O2/c1-14(2)8-6-9-15(3)20-17(22)12-21-13-19(4,5)18(21)16-10-7-11-23-16/h14-16,18H,6-13H2,1-5H3,(H,20,22). The Labute approximate surface area is 142 Å². The van der Waals surface area contributed by atoms with Gasteiger partial charge in [0.25, 0.3) is 0 Å². The summed E-state index contributed by atoms with van der Waals surface area (Å²) in [6, 6.07) is 0.670. The quantitative estimate of drug-likeness (QED) is 0.745. The molecule has 4 heteroatoms. The lowest BCUT2D eigenvalue weighted by Crippen LogP contribution is -2.68. The highest BCUT2D eigenvalue weighted by atomic mass is 16.5. The first kappa shape index (κ1) is 18.7. The summed E-state index contributed by atoms with van der Waals surface area (Å²) in [5.74, 6) is 0.911. The first-order valence-electron chi connectivity index (χ1n) is 9.44. The van der Waals surface area contributed by atoms with Crippen molar-refractivity contribution in [2.24, 2.45) is 11.3 Å². The maximum Gasteiger partial charge on any atom is 0.234 e. The van der Waals surface area contributed by atoms with Gasteiger partial charge in [-0.2, -0.15) is 0 Å². The van der Waals surface area contributed by atoms with Crippen molar-refractivity contribution in [3.63, 3.8) is 0 Å². The van der Waals surface area contributed by atoms with Crippen molar-refractivity contribution < 1.29 is 9.53 Å². The largest absolute Gasteiger partial charge is 0.377 e. The second-order valence-corrected chi connectivity index (χ2v) is 8.68. The number of amides is 1. The van der Waals surface area contributed by atoms with Gasteiger partial charge < -0.3 is 10.1 Å². The molecule has 2 aliphatic heterocycles. The van der Waals surface area contributed by atoms with E-state index < -0.39 is 0 Å². The van der Waals surface area contributed by atoms with Crippen LogP contribution in [0.5, 0.6) is 0 Å². The number of ether oxygens (including phenoxy) is 1. The maximum atomic E-state index is 12.3. The van der Waals surface area contributed by atoms with Gasteiger partial charge in [-0.05, 0) is 37.5 Å². The number of hydrogen-bond acceptors (Lipinski definition) is 3. The number of hydrogen-bond donors (Lipinski definition) is 1. The molecule has 2 aliphatic rings. The van der Waals surface area contributed by atoms with Crippen LogP contribution in [0.25, 0.3) is 0 Å². The van der Waals surface area contributed by atoms with Gasteiger partial charge in [0.2, 0.25) is 5.91 Å². The lowest BCUT2D eigenvalue weighted by atomic mass is 9.71. The van der Waals surface area contributed by atoms with Gasteiger partial charge >= 0.3 is 0 Å². The van der Waals surface area contributed by atoms with Crippen molar-refractivity contribution in [3.8, 4) is 0 Å². The van der Waals surface area contributed by atoms with Crippen LogP contribution in [0.1, 0.15) is 66.7 Å². The summed E-state index contributed by atoms with van der Waals surface area (Å²) in [6.07, 6.45) is 6.11. The van der Waals surface area contributed by atoms with E-state index in [2.05, 4.69) is 44.8 Å². The predicted octanol–water partition coefficient (Wildman–Crippen LogP) is 3.21. The van der Waals surface area contributed by atoms with E-state index in [-0.39, 0.29) is 17.4 Å². The van der Waals surface area contributed by atoms with Gasteiger partial charge in [0.1, 0.15) is 0 Å². The highest BCUT2D eigenvalue weighted by Crippen LogP contribution is 2.41. The number of nitrogens with one attached hydrogen (secondary N) is 1. The van der Waals surface area contributed by atoms with Crippen LogP contribution in [-0.2, 0) is 9.53 Å². The van der Waals surface area contributed by atoms with Crippen molar-refractivity contribution in [2.45, 2.75) is 84.9 Å². The van der Waals surface area contributed by atoms with Crippen LogP contribution in [0.4, 0.5) is 0 Å². The average Bonchev–Trinajstić information content (AvgIpc) is 2.89. The highest BCUT2D eigenvalue weighted by molar-refractivity contribution is 5.78. The van der Waals surface area contributed by atoms with Gasteiger partial charge in [-0.1, -0.05) is 40.5 Å². The van der Waals surface area contributed by atoms with Crippen molar-refractivity contribution in [1.82, 2.24) is 10.2 Å². The minimum absolute atomic E-state index is 0.167. The highest BCUT2D eigenvalue weighted by Gasteiger charge is 2.51. The molecule has 0 radical (unpaired) electrons. The molecule has 1 amide bonds. The SMILES string of the molecule is CC(C)CCCC(C)NC(=O)CN1CC(C)(C)C1C1CCCO1. The Hall–Kier alpha value is -0.610.